The minimum atomic E-state index is 0.430. The molecule has 2 saturated heterocycles. The van der Waals surface area contributed by atoms with Gasteiger partial charge in [-0.25, -0.2) is 0 Å². The molecule has 1 aromatic carbocycles. The van der Waals surface area contributed by atoms with Gasteiger partial charge in [0.1, 0.15) is 0 Å². The Balaban J connectivity index is 1.42. The van der Waals surface area contributed by atoms with Crippen molar-refractivity contribution in [1.29, 1.82) is 0 Å². The van der Waals surface area contributed by atoms with Gasteiger partial charge in [0.05, 0.1) is 13.2 Å². The third kappa shape index (κ3) is 6.40. The van der Waals surface area contributed by atoms with Gasteiger partial charge >= 0.3 is 0 Å². The Labute approximate surface area is 164 Å². The van der Waals surface area contributed by atoms with Crippen LogP contribution in [0.25, 0.3) is 0 Å². The molecule has 3 rings (SSSR count). The lowest BCUT2D eigenvalue weighted by atomic mass is 10.0. The van der Waals surface area contributed by atoms with Crippen LogP contribution in [-0.2, 0) is 4.74 Å². The highest BCUT2D eigenvalue weighted by Gasteiger charge is 2.21. The molecule has 2 aliphatic heterocycles. The third-order valence-electron chi connectivity index (χ3n) is 5.40. The van der Waals surface area contributed by atoms with Crippen molar-refractivity contribution in [3.63, 3.8) is 0 Å². The van der Waals surface area contributed by atoms with Gasteiger partial charge in [0.2, 0.25) is 0 Å². The number of guanidine groups is 1. The molecular formula is C21H35N5O. The van der Waals surface area contributed by atoms with E-state index in [2.05, 4.69) is 62.7 Å². The zero-order valence-corrected chi connectivity index (χ0v) is 16.9. The Hall–Kier alpha value is -1.79. The summed E-state index contributed by atoms with van der Waals surface area (Å²) < 4.78 is 5.43. The van der Waals surface area contributed by atoms with Crippen LogP contribution in [0.1, 0.15) is 19.8 Å². The Morgan fingerprint density at radius 1 is 1.22 bits per heavy atom. The first kappa shape index (κ1) is 20.0. The number of ether oxygens (including phenoxy) is 1. The van der Waals surface area contributed by atoms with Gasteiger partial charge in [-0.3, -0.25) is 9.89 Å². The second-order valence-corrected chi connectivity index (χ2v) is 7.74. The normalized spacial score (nSPS) is 23.1. The zero-order chi connectivity index (χ0) is 18.9. The molecule has 2 fully saturated rings. The van der Waals surface area contributed by atoms with E-state index in [4.69, 9.17) is 4.74 Å². The van der Waals surface area contributed by atoms with Crippen molar-refractivity contribution in [3.05, 3.63) is 30.3 Å². The fraction of sp³-hybridized carbons (Fsp3) is 0.667. The molecule has 1 aromatic rings. The summed E-state index contributed by atoms with van der Waals surface area (Å²) in [4.78, 5) is 9.40. The maximum atomic E-state index is 5.43. The van der Waals surface area contributed by atoms with Gasteiger partial charge in [0.15, 0.2) is 5.96 Å². The highest BCUT2D eigenvalue weighted by molar-refractivity contribution is 5.80. The predicted octanol–water partition coefficient (Wildman–Crippen LogP) is 1.79. The SMILES string of the molecule is CN=C(NCC(C)CN1CCOCC1)NC1CCCN(c2ccccc2)C1. The van der Waals surface area contributed by atoms with Crippen LogP contribution in [0, 0.1) is 5.92 Å². The van der Waals surface area contributed by atoms with E-state index in [0.29, 0.717) is 12.0 Å². The lowest BCUT2D eigenvalue weighted by Crippen LogP contribution is -2.52. The molecule has 0 saturated carbocycles. The largest absolute Gasteiger partial charge is 0.379 e. The molecule has 6 nitrogen and oxygen atoms in total. The van der Waals surface area contributed by atoms with Crippen LogP contribution in [0.4, 0.5) is 5.69 Å². The smallest absolute Gasteiger partial charge is 0.191 e. The monoisotopic (exact) mass is 373 g/mol. The number of hydrogen-bond acceptors (Lipinski definition) is 4. The number of nitrogens with one attached hydrogen (secondary N) is 2. The van der Waals surface area contributed by atoms with Crippen molar-refractivity contribution in [2.24, 2.45) is 10.9 Å². The van der Waals surface area contributed by atoms with Crippen molar-refractivity contribution in [3.8, 4) is 0 Å². The second-order valence-electron chi connectivity index (χ2n) is 7.74. The number of para-hydroxylation sites is 1. The van der Waals surface area contributed by atoms with Crippen LogP contribution in [0.3, 0.4) is 0 Å². The first-order valence-electron chi connectivity index (χ1n) is 10.3. The highest BCUT2D eigenvalue weighted by atomic mass is 16.5. The molecule has 150 valence electrons. The quantitative estimate of drug-likeness (QED) is 0.588. The number of nitrogens with zero attached hydrogens (tertiary/aromatic N) is 3. The van der Waals surface area contributed by atoms with E-state index in [-0.39, 0.29) is 0 Å². The standard InChI is InChI=1S/C21H35N5O/c1-18(16-25-11-13-27-14-12-25)15-23-21(22-2)24-19-7-6-10-26(17-19)20-8-4-3-5-9-20/h3-5,8-9,18-19H,6-7,10-17H2,1-2H3,(H2,22,23,24). The summed E-state index contributed by atoms with van der Waals surface area (Å²) >= 11 is 0. The summed E-state index contributed by atoms with van der Waals surface area (Å²) in [5.41, 5.74) is 1.31. The van der Waals surface area contributed by atoms with Crippen molar-refractivity contribution in [1.82, 2.24) is 15.5 Å². The fourth-order valence-electron chi connectivity index (χ4n) is 3.92. The van der Waals surface area contributed by atoms with E-state index in [9.17, 15) is 0 Å². The minimum absolute atomic E-state index is 0.430. The Morgan fingerprint density at radius 2 is 2.00 bits per heavy atom. The number of anilines is 1. The number of hydrogen-bond donors (Lipinski definition) is 2. The average Bonchev–Trinajstić information content (AvgIpc) is 2.72. The maximum Gasteiger partial charge on any atom is 0.191 e. The molecule has 0 spiro atoms. The zero-order valence-electron chi connectivity index (χ0n) is 16.9. The molecular weight excluding hydrogens is 338 g/mol. The number of benzene rings is 1. The lowest BCUT2D eigenvalue weighted by molar-refractivity contribution is 0.0320. The summed E-state index contributed by atoms with van der Waals surface area (Å²) in [6, 6.07) is 11.1. The van der Waals surface area contributed by atoms with E-state index in [0.717, 1.165) is 58.4 Å². The highest BCUT2D eigenvalue weighted by Crippen LogP contribution is 2.19. The van der Waals surface area contributed by atoms with Crippen molar-refractivity contribution in [2.75, 3.05) is 64.4 Å². The van der Waals surface area contributed by atoms with Crippen molar-refractivity contribution >= 4 is 11.6 Å². The molecule has 0 bridgehead atoms. The molecule has 0 aromatic heterocycles. The first-order valence-corrected chi connectivity index (χ1v) is 10.3. The van der Waals surface area contributed by atoms with Crippen LogP contribution < -0.4 is 15.5 Å². The molecule has 2 heterocycles. The van der Waals surface area contributed by atoms with E-state index < -0.39 is 0 Å². The number of aliphatic imine (C=N–C) groups is 1. The number of morpholine rings is 1. The molecule has 2 aliphatic rings. The van der Waals surface area contributed by atoms with Crippen LogP contribution >= 0.6 is 0 Å². The molecule has 2 unspecified atom stereocenters. The van der Waals surface area contributed by atoms with E-state index in [1.54, 1.807) is 0 Å². The van der Waals surface area contributed by atoms with Crippen LogP contribution in [0.2, 0.25) is 0 Å². The lowest BCUT2D eigenvalue weighted by Gasteiger charge is -2.35. The van der Waals surface area contributed by atoms with Crippen LogP contribution in [0.15, 0.2) is 35.3 Å². The average molecular weight is 374 g/mol. The maximum absolute atomic E-state index is 5.43. The second kappa shape index (κ2) is 10.5. The van der Waals surface area contributed by atoms with Gasteiger partial charge in [-0.05, 0) is 30.9 Å². The summed E-state index contributed by atoms with van der Waals surface area (Å²) in [6.45, 7) is 10.3. The van der Waals surface area contributed by atoms with Gasteiger partial charge in [0, 0.05) is 58.0 Å². The van der Waals surface area contributed by atoms with E-state index in [1.807, 2.05) is 7.05 Å². The van der Waals surface area contributed by atoms with Crippen molar-refractivity contribution in [2.45, 2.75) is 25.8 Å². The van der Waals surface area contributed by atoms with Crippen LogP contribution in [0.5, 0.6) is 0 Å². The molecule has 27 heavy (non-hydrogen) atoms. The summed E-state index contributed by atoms with van der Waals surface area (Å²) in [6.07, 6.45) is 2.39. The first-order chi connectivity index (χ1) is 13.2. The molecule has 6 heteroatoms. The summed E-state index contributed by atoms with van der Waals surface area (Å²) in [7, 11) is 1.86. The molecule has 0 amide bonds. The van der Waals surface area contributed by atoms with Crippen molar-refractivity contribution < 1.29 is 4.74 Å². The Morgan fingerprint density at radius 3 is 2.74 bits per heavy atom. The topological polar surface area (TPSA) is 52.1 Å². The van der Waals surface area contributed by atoms with Gasteiger partial charge in [-0.15, -0.1) is 0 Å². The molecule has 2 atom stereocenters. The van der Waals surface area contributed by atoms with Gasteiger partial charge in [-0.2, -0.15) is 0 Å². The number of piperidine rings is 1. The molecule has 0 aliphatic carbocycles. The molecule has 0 radical (unpaired) electrons. The van der Waals surface area contributed by atoms with E-state index >= 15 is 0 Å². The number of rotatable bonds is 6. The van der Waals surface area contributed by atoms with Gasteiger partial charge in [0.25, 0.3) is 0 Å². The predicted molar refractivity (Wildman–Crippen MR) is 113 cm³/mol. The Kier molecular flexibility index (Phi) is 7.78. The summed E-state index contributed by atoms with van der Waals surface area (Å²) in [5.74, 6) is 1.50. The minimum Gasteiger partial charge on any atom is -0.379 e. The van der Waals surface area contributed by atoms with Gasteiger partial charge in [-0.1, -0.05) is 25.1 Å². The fourth-order valence-corrected chi connectivity index (χ4v) is 3.92. The third-order valence-corrected chi connectivity index (χ3v) is 5.40. The molecule has 2 N–H and O–H groups in total. The van der Waals surface area contributed by atoms with Crippen LogP contribution in [-0.4, -0.2) is 76.4 Å². The van der Waals surface area contributed by atoms with Gasteiger partial charge < -0.3 is 20.3 Å². The summed E-state index contributed by atoms with van der Waals surface area (Å²) in [5, 5.41) is 7.15. The Bertz CT molecular complexity index is 573. The van der Waals surface area contributed by atoms with E-state index in [1.165, 1.54) is 18.5 Å².